The molecule has 0 aromatic rings. The Morgan fingerprint density at radius 3 is 2.50 bits per heavy atom. The van der Waals surface area contributed by atoms with Crippen LogP contribution in [-0.4, -0.2) is 38.5 Å². The Kier molecular flexibility index (Phi) is 3.82. The summed E-state index contributed by atoms with van der Waals surface area (Å²) >= 11 is 1.23. The van der Waals surface area contributed by atoms with Gasteiger partial charge in [0.25, 0.3) is 0 Å². The van der Waals surface area contributed by atoms with Gasteiger partial charge in [-0.1, -0.05) is 0 Å². The predicted octanol–water partition coefficient (Wildman–Crippen LogP) is 0.307. The van der Waals surface area contributed by atoms with Gasteiger partial charge >= 0.3 is 11.9 Å². The van der Waals surface area contributed by atoms with E-state index in [9.17, 15) is 9.59 Å². The summed E-state index contributed by atoms with van der Waals surface area (Å²) in [4.78, 5) is 22.6. The van der Waals surface area contributed by atoms with Crippen molar-refractivity contribution in [3.05, 3.63) is 10.7 Å². The third-order valence-electron chi connectivity index (χ3n) is 1.52. The number of carbonyl (C=O) groups excluding carboxylic acids is 2. The highest BCUT2D eigenvalue weighted by Gasteiger charge is 2.27. The normalized spacial score (nSPS) is 15.9. The van der Waals surface area contributed by atoms with Gasteiger partial charge in [0.15, 0.2) is 0 Å². The van der Waals surface area contributed by atoms with Gasteiger partial charge in [-0.15, -0.1) is 11.8 Å². The van der Waals surface area contributed by atoms with Crippen LogP contribution in [0.25, 0.3) is 0 Å². The molecule has 0 radical (unpaired) electrons. The fourth-order valence-corrected chi connectivity index (χ4v) is 1.75. The molecular weight excluding hydrogens is 208 g/mol. The van der Waals surface area contributed by atoms with Crippen molar-refractivity contribution in [2.75, 3.05) is 26.6 Å². The van der Waals surface area contributed by atoms with E-state index in [-0.39, 0.29) is 10.7 Å². The van der Waals surface area contributed by atoms with Crippen molar-refractivity contribution in [2.24, 2.45) is 0 Å². The van der Waals surface area contributed by atoms with Gasteiger partial charge in [0.05, 0.1) is 20.8 Å². The molecule has 0 aromatic carbocycles. The smallest absolute Gasteiger partial charge is 0.374 e. The van der Waals surface area contributed by atoms with Gasteiger partial charge in [-0.3, -0.25) is 0 Å². The molecule has 0 saturated heterocycles. The Balaban J connectivity index is 2.96. The van der Waals surface area contributed by atoms with Crippen LogP contribution in [0.4, 0.5) is 0 Å². The van der Waals surface area contributed by atoms with E-state index in [4.69, 9.17) is 4.74 Å². The summed E-state index contributed by atoms with van der Waals surface area (Å²) in [6.07, 6.45) is 0. The van der Waals surface area contributed by atoms with Crippen LogP contribution >= 0.6 is 11.8 Å². The van der Waals surface area contributed by atoms with Gasteiger partial charge < -0.3 is 14.2 Å². The minimum Gasteiger partial charge on any atom is -0.485 e. The maximum absolute atomic E-state index is 11.2. The number of hydrogen-bond acceptors (Lipinski definition) is 6. The fraction of sp³-hybridized carbons (Fsp3) is 0.500. The lowest BCUT2D eigenvalue weighted by atomic mass is 10.4. The molecule has 0 atom stereocenters. The van der Waals surface area contributed by atoms with Gasteiger partial charge in [0.2, 0.25) is 5.76 Å². The Hall–Kier alpha value is -1.17. The Labute approximate surface area is 85.4 Å². The zero-order valence-corrected chi connectivity index (χ0v) is 8.68. The van der Waals surface area contributed by atoms with Crippen LogP contribution in [0.5, 0.6) is 0 Å². The van der Waals surface area contributed by atoms with Crippen LogP contribution in [0.1, 0.15) is 0 Å². The van der Waals surface area contributed by atoms with Crippen molar-refractivity contribution in [1.29, 1.82) is 0 Å². The minimum absolute atomic E-state index is 0.0596. The summed E-state index contributed by atoms with van der Waals surface area (Å²) in [5, 5.41) is 0. The lowest BCUT2D eigenvalue weighted by Gasteiger charge is -2.17. The summed E-state index contributed by atoms with van der Waals surface area (Å²) in [6, 6.07) is 0. The molecule has 1 aliphatic rings. The highest BCUT2D eigenvalue weighted by atomic mass is 32.2. The van der Waals surface area contributed by atoms with E-state index in [1.54, 1.807) is 0 Å². The zero-order valence-electron chi connectivity index (χ0n) is 7.86. The van der Waals surface area contributed by atoms with Gasteiger partial charge in [0.1, 0.15) is 4.91 Å². The number of esters is 2. The molecule has 0 saturated carbocycles. The van der Waals surface area contributed by atoms with Crippen LogP contribution in [0.2, 0.25) is 0 Å². The molecule has 5 nitrogen and oxygen atoms in total. The number of methoxy groups -OCH3 is 2. The molecule has 0 unspecified atom stereocenters. The molecule has 1 rings (SSSR count). The number of carbonyl (C=O) groups is 2. The van der Waals surface area contributed by atoms with Crippen molar-refractivity contribution in [3.63, 3.8) is 0 Å². The highest BCUT2D eigenvalue weighted by molar-refractivity contribution is 8.04. The maximum atomic E-state index is 11.2. The first-order valence-electron chi connectivity index (χ1n) is 3.87. The monoisotopic (exact) mass is 218 g/mol. The van der Waals surface area contributed by atoms with Crippen LogP contribution in [0, 0.1) is 0 Å². The lowest BCUT2D eigenvalue weighted by Crippen LogP contribution is -2.20. The number of hydrogen-bond donors (Lipinski definition) is 0. The molecule has 0 fully saturated rings. The molecule has 0 aliphatic carbocycles. The number of thioether (sulfide) groups is 1. The van der Waals surface area contributed by atoms with Crippen LogP contribution < -0.4 is 0 Å². The summed E-state index contributed by atoms with van der Waals surface area (Å²) in [6.45, 7) is 0.385. The molecule has 1 heterocycles. The molecule has 1 aliphatic heterocycles. The maximum Gasteiger partial charge on any atom is 0.374 e. The Morgan fingerprint density at radius 2 is 1.93 bits per heavy atom. The molecule has 14 heavy (non-hydrogen) atoms. The molecule has 0 N–H and O–H groups in total. The second-order valence-electron chi connectivity index (χ2n) is 2.34. The summed E-state index contributed by atoms with van der Waals surface area (Å²) in [5.41, 5.74) is 0. The Bertz CT molecular complexity index is 255. The standard InChI is InChI=1S/C8H10O5S/c1-11-7(9)5-6(8(10)12-2)14-4-3-13-5/h3-4H2,1-2H3. The van der Waals surface area contributed by atoms with Crippen LogP contribution in [-0.2, 0) is 23.8 Å². The average molecular weight is 218 g/mol. The second-order valence-corrected chi connectivity index (χ2v) is 3.44. The van der Waals surface area contributed by atoms with Gasteiger partial charge in [-0.25, -0.2) is 9.59 Å². The third kappa shape index (κ3) is 2.20. The minimum atomic E-state index is -0.655. The Morgan fingerprint density at radius 1 is 1.29 bits per heavy atom. The van der Waals surface area contributed by atoms with E-state index in [2.05, 4.69) is 9.47 Å². The van der Waals surface area contributed by atoms with Crippen molar-refractivity contribution in [3.8, 4) is 0 Å². The highest BCUT2D eigenvalue weighted by Crippen LogP contribution is 2.27. The quantitative estimate of drug-likeness (QED) is 0.621. The molecule has 6 heteroatoms. The molecule has 0 aromatic heterocycles. The van der Waals surface area contributed by atoms with Crippen molar-refractivity contribution < 1.29 is 23.8 Å². The van der Waals surface area contributed by atoms with E-state index >= 15 is 0 Å². The third-order valence-corrected chi connectivity index (χ3v) is 2.54. The van der Waals surface area contributed by atoms with E-state index in [1.165, 1.54) is 26.0 Å². The first-order valence-corrected chi connectivity index (χ1v) is 4.85. The average Bonchev–Trinajstić information content (AvgIpc) is 2.27. The number of ether oxygens (including phenoxy) is 3. The topological polar surface area (TPSA) is 61.8 Å². The van der Waals surface area contributed by atoms with E-state index in [0.717, 1.165) is 0 Å². The SMILES string of the molecule is COC(=O)C1=C(C(=O)OC)SCCO1. The summed E-state index contributed by atoms with van der Waals surface area (Å²) in [7, 11) is 2.48. The summed E-state index contributed by atoms with van der Waals surface area (Å²) < 4.78 is 14.0. The van der Waals surface area contributed by atoms with Crippen molar-refractivity contribution in [1.82, 2.24) is 0 Å². The van der Waals surface area contributed by atoms with Crippen LogP contribution in [0.15, 0.2) is 10.7 Å². The second kappa shape index (κ2) is 4.90. The van der Waals surface area contributed by atoms with E-state index in [0.29, 0.717) is 12.4 Å². The van der Waals surface area contributed by atoms with Gasteiger partial charge in [-0.2, -0.15) is 0 Å². The van der Waals surface area contributed by atoms with Gasteiger partial charge in [-0.05, 0) is 0 Å². The van der Waals surface area contributed by atoms with Crippen LogP contribution in [0.3, 0.4) is 0 Å². The summed E-state index contributed by atoms with van der Waals surface area (Å²) in [5.74, 6) is -0.673. The zero-order chi connectivity index (χ0) is 10.6. The first-order chi connectivity index (χ1) is 6.70. The fourth-order valence-electron chi connectivity index (χ4n) is 0.907. The van der Waals surface area contributed by atoms with Gasteiger partial charge in [0, 0.05) is 5.75 Å². The van der Waals surface area contributed by atoms with Crippen molar-refractivity contribution >= 4 is 23.7 Å². The molecule has 0 bridgehead atoms. The predicted molar refractivity (Wildman–Crippen MR) is 49.5 cm³/mol. The molecule has 0 spiro atoms. The first kappa shape index (κ1) is 10.9. The molecule has 78 valence electrons. The van der Waals surface area contributed by atoms with Crippen molar-refractivity contribution in [2.45, 2.75) is 0 Å². The molecule has 0 amide bonds. The lowest BCUT2D eigenvalue weighted by molar-refractivity contribution is -0.142. The van der Waals surface area contributed by atoms with E-state index in [1.807, 2.05) is 0 Å². The molecular formula is C8H10O5S. The number of rotatable bonds is 2. The van der Waals surface area contributed by atoms with E-state index < -0.39 is 11.9 Å². The largest absolute Gasteiger partial charge is 0.485 e.